The molecule has 0 aliphatic carbocycles. The first kappa shape index (κ1) is 18.9. The van der Waals surface area contributed by atoms with Crippen LogP contribution in [0, 0.1) is 0 Å². The molecule has 0 radical (unpaired) electrons. The predicted octanol–water partition coefficient (Wildman–Crippen LogP) is 4.55. The first-order valence-corrected chi connectivity index (χ1v) is 8.50. The van der Waals surface area contributed by atoms with E-state index < -0.39 is 0 Å². The fraction of sp³-hybridized carbons (Fsp3) is 0.316. The van der Waals surface area contributed by atoms with Crippen molar-refractivity contribution in [2.24, 2.45) is 0 Å². The maximum Gasteiger partial charge on any atom is 0.224 e. The summed E-state index contributed by atoms with van der Waals surface area (Å²) in [6.45, 7) is 2.93. The molecule has 25 heavy (non-hydrogen) atoms. The number of methoxy groups -OCH3 is 1. The van der Waals surface area contributed by atoms with Crippen molar-refractivity contribution in [3.8, 4) is 17.2 Å². The Labute approximate surface area is 152 Å². The summed E-state index contributed by atoms with van der Waals surface area (Å²) in [5.74, 6) is 1.87. The van der Waals surface area contributed by atoms with Crippen molar-refractivity contribution < 1.29 is 19.0 Å². The number of hydrogen-bond acceptors (Lipinski definition) is 4. The molecule has 0 fully saturated rings. The van der Waals surface area contributed by atoms with Gasteiger partial charge in [-0.05, 0) is 43.7 Å². The monoisotopic (exact) mass is 363 g/mol. The average Bonchev–Trinajstić information content (AvgIpc) is 2.60. The molecule has 0 aliphatic rings. The van der Waals surface area contributed by atoms with Crippen molar-refractivity contribution in [2.45, 2.75) is 19.8 Å². The maximum atomic E-state index is 12.0. The third kappa shape index (κ3) is 5.87. The van der Waals surface area contributed by atoms with E-state index in [0.29, 0.717) is 54.0 Å². The number of benzene rings is 2. The number of halogens is 1. The number of carbonyl (C=O) groups excluding carboxylic acids is 1. The first-order chi connectivity index (χ1) is 12.1. The molecule has 134 valence electrons. The van der Waals surface area contributed by atoms with Crippen LogP contribution in [0.1, 0.15) is 19.8 Å². The number of nitrogens with one attached hydrogen (secondary N) is 1. The zero-order valence-corrected chi connectivity index (χ0v) is 15.1. The average molecular weight is 364 g/mol. The quantitative estimate of drug-likeness (QED) is 0.664. The lowest BCUT2D eigenvalue weighted by molar-refractivity contribution is -0.116. The molecular formula is C19H22ClNO4. The Morgan fingerprint density at radius 1 is 1.08 bits per heavy atom. The van der Waals surface area contributed by atoms with Gasteiger partial charge in [-0.3, -0.25) is 4.79 Å². The number of rotatable bonds is 9. The third-order valence-corrected chi connectivity index (χ3v) is 3.69. The fourth-order valence-electron chi connectivity index (χ4n) is 2.23. The molecule has 0 saturated heterocycles. The van der Waals surface area contributed by atoms with Gasteiger partial charge in [-0.15, -0.1) is 0 Å². The van der Waals surface area contributed by atoms with Crippen molar-refractivity contribution in [1.29, 1.82) is 0 Å². The highest BCUT2D eigenvalue weighted by Crippen LogP contribution is 2.28. The molecular weight excluding hydrogens is 342 g/mol. The van der Waals surface area contributed by atoms with E-state index in [-0.39, 0.29) is 5.91 Å². The number of anilines is 1. The molecule has 1 N–H and O–H groups in total. The van der Waals surface area contributed by atoms with Gasteiger partial charge in [-0.25, -0.2) is 0 Å². The van der Waals surface area contributed by atoms with Gasteiger partial charge in [-0.1, -0.05) is 23.7 Å². The summed E-state index contributed by atoms with van der Waals surface area (Å²) in [5.41, 5.74) is 0.637. The molecule has 0 aliphatic heterocycles. The Kier molecular flexibility index (Phi) is 7.41. The largest absolute Gasteiger partial charge is 0.495 e. The maximum absolute atomic E-state index is 12.0. The lowest BCUT2D eigenvalue weighted by Gasteiger charge is -2.11. The molecule has 0 bridgehead atoms. The Hall–Kier alpha value is -2.40. The Morgan fingerprint density at radius 3 is 2.44 bits per heavy atom. The van der Waals surface area contributed by atoms with Gasteiger partial charge >= 0.3 is 0 Å². The Morgan fingerprint density at radius 2 is 1.80 bits per heavy atom. The fourth-order valence-corrected chi connectivity index (χ4v) is 2.48. The number of hydrogen-bond donors (Lipinski definition) is 1. The molecule has 2 aromatic rings. The highest BCUT2D eigenvalue weighted by atomic mass is 35.5. The third-order valence-electron chi connectivity index (χ3n) is 3.39. The summed E-state index contributed by atoms with van der Waals surface area (Å²) in [7, 11) is 1.54. The minimum absolute atomic E-state index is 0.0945. The molecule has 1 amide bonds. The van der Waals surface area contributed by atoms with Crippen LogP contribution < -0.4 is 19.5 Å². The van der Waals surface area contributed by atoms with E-state index in [0.717, 1.165) is 0 Å². The summed E-state index contributed by atoms with van der Waals surface area (Å²) in [6.07, 6.45) is 0.941. The molecule has 0 spiro atoms. The highest BCUT2D eigenvalue weighted by Gasteiger charge is 2.07. The number of amides is 1. The number of para-hydroxylation sites is 2. The smallest absolute Gasteiger partial charge is 0.224 e. The summed E-state index contributed by atoms with van der Waals surface area (Å²) < 4.78 is 16.3. The second-order valence-corrected chi connectivity index (χ2v) is 5.64. The number of carbonyl (C=O) groups is 1. The molecule has 0 saturated carbocycles. The van der Waals surface area contributed by atoms with Crippen LogP contribution in [0.3, 0.4) is 0 Å². The zero-order valence-electron chi connectivity index (χ0n) is 14.4. The lowest BCUT2D eigenvalue weighted by Crippen LogP contribution is -2.13. The second-order valence-electron chi connectivity index (χ2n) is 5.23. The van der Waals surface area contributed by atoms with E-state index >= 15 is 0 Å². The molecule has 0 aromatic heterocycles. The summed E-state index contributed by atoms with van der Waals surface area (Å²) >= 11 is 6.04. The second kappa shape index (κ2) is 9.79. The zero-order chi connectivity index (χ0) is 18.1. The van der Waals surface area contributed by atoms with Crippen LogP contribution in [0.4, 0.5) is 5.69 Å². The van der Waals surface area contributed by atoms with E-state index in [1.165, 1.54) is 0 Å². The van der Waals surface area contributed by atoms with Crippen LogP contribution in [-0.2, 0) is 4.79 Å². The van der Waals surface area contributed by atoms with Crippen molar-refractivity contribution in [3.63, 3.8) is 0 Å². The van der Waals surface area contributed by atoms with E-state index in [4.69, 9.17) is 25.8 Å². The van der Waals surface area contributed by atoms with Crippen LogP contribution in [0.2, 0.25) is 5.02 Å². The minimum Gasteiger partial charge on any atom is -0.495 e. The molecule has 0 heterocycles. The van der Waals surface area contributed by atoms with Gasteiger partial charge in [0.05, 0.1) is 25.3 Å². The summed E-state index contributed by atoms with van der Waals surface area (Å²) in [4.78, 5) is 12.0. The standard InChI is InChI=1S/C19H22ClNO4/c1-3-24-17-7-4-5-8-18(17)25-12-6-9-19(22)21-14-10-11-16(23-2)15(20)13-14/h4-5,7-8,10-11,13H,3,6,9,12H2,1-2H3,(H,21,22). The first-order valence-electron chi connectivity index (χ1n) is 8.12. The normalized spacial score (nSPS) is 10.2. The van der Waals surface area contributed by atoms with Gasteiger partial charge in [0.15, 0.2) is 11.5 Å². The Balaban J connectivity index is 1.76. The Bertz CT molecular complexity index is 706. The van der Waals surface area contributed by atoms with Crippen LogP contribution >= 0.6 is 11.6 Å². The van der Waals surface area contributed by atoms with Gasteiger partial charge in [0, 0.05) is 12.1 Å². The van der Waals surface area contributed by atoms with Gasteiger partial charge in [0.25, 0.3) is 0 Å². The lowest BCUT2D eigenvalue weighted by atomic mass is 10.2. The van der Waals surface area contributed by atoms with Crippen LogP contribution in [0.15, 0.2) is 42.5 Å². The summed E-state index contributed by atoms with van der Waals surface area (Å²) in [5, 5.41) is 3.26. The molecule has 0 unspecified atom stereocenters. The molecule has 0 atom stereocenters. The van der Waals surface area contributed by atoms with Crippen molar-refractivity contribution in [3.05, 3.63) is 47.5 Å². The van der Waals surface area contributed by atoms with E-state index in [1.54, 1.807) is 25.3 Å². The minimum atomic E-state index is -0.0945. The van der Waals surface area contributed by atoms with Gasteiger partial charge < -0.3 is 19.5 Å². The van der Waals surface area contributed by atoms with Gasteiger partial charge in [-0.2, -0.15) is 0 Å². The molecule has 2 rings (SSSR count). The van der Waals surface area contributed by atoms with E-state index in [2.05, 4.69) is 5.32 Å². The SMILES string of the molecule is CCOc1ccccc1OCCCC(=O)Nc1ccc(OC)c(Cl)c1. The van der Waals surface area contributed by atoms with Gasteiger partial charge in [0.1, 0.15) is 5.75 Å². The van der Waals surface area contributed by atoms with Crippen molar-refractivity contribution >= 4 is 23.2 Å². The highest BCUT2D eigenvalue weighted by molar-refractivity contribution is 6.32. The van der Waals surface area contributed by atoms with Crippen LogP contribution in [-0.4, -0.2) is 26.2 Å². The van der Waals surface area contributed by atoms with Crippen molar-refractivity contribution in [1.82, 2.24) is 0 Å². The van der Waals surface area contributed by atoms with Crippen LogP contribution in [0.5, 0.6) is 17.2 Å². The van der Waals surface area contributed by atoms with E-state index in [1.807, 2.05) is 31.2 Å². The number of ether oxygens (including phenoxy) is 3. The summed E-state index contributed by atoms with van der Waals surface area (Å²) in [6, 6.07) is 12.6. The van der Waals surface area contributed by atoms with Crippen LogP contribution in [0.25, 0.3) is 0 Å². The topological polar surface area (TPSA) is 56.8 Å². The molecule has 5 nitrogen and oxygen atoms in total. The van der Waals surface area contributed by atoms with Crippen molar-refractivity contribution in [2.75, 3.05) is 25.6 Å². The van der Waals surface area contributed by atoms with E-state index in [9.17, 15) is 4.79 Å². The van der Waals surface area contributed by atoms with Gasteiger partial charge in [0.2, 0.25) is 5.91 Å². The predicted molar refractivity (Wildman–Crippen MR) is 99.0 cm³/mol. The molecule has 2 aromatic carbocycles. The molecule has 6 heteroatoms.